The second kappa shape index (κ2) is 5.71. The van der Waals surface area contributed by atoms with Crippen LogP contribution in [0.25, 0.3) is 0 Å². The van der Waals surface area contributed by atoms with E-state index in [4.69, 9.17) is 5.73 Å². The van der Waals surface area contributed by atoms with Crippen LogP contribution in [0, 0.1) is 5.92 Å². The molecule has 1 saturated carbocycles. The molecule has 104 valence electrons. The molecule has 0 aromatic carbocycles. The number of amides is 2. The molecule has 1 heterocycles. The molecule has 0 aliphatic heterocycles. The lowest BCUT2D eigenvalue weighted by Crippen LogP contribution is -2.37. The topological polar surface area (TPSA) is 75.4 Å². The smallest absolute Gasteiger partial charge is 0.251 e. The van der Waals surface area contributed by atoms with Crippen molar-refractivity contribution in [3.63, 3.8) is 0 Å². The van der Waals surface area contributed by atoms with Gasteiger partial charge in [0.2, 0.25) is 5.91 Å². The Morgan fingerprint density at radius 1 is 1.58 bits per heavy atom. The molecule has 0 bridgehead atoms. The number of thiophene rings is 1. The van der Waals surface area contributed by atoms with Crippen molar-refractivity contribution >= 4 is 28.2 Å². The molecule has 6 heteroatoms. The van der Waals surface area contributed by atoms with Crippen LogP contribution in [0.4, 0.5) is 5.00 Å². The maximum atomic E-state index is 11.9. The highest BCUT2D eigenvalue weighted by Crippen LogP contribution is 2.34. The van der Waals surface area contributed by atoms with E-state index in [0.717, 1.165) is 5.92 Å². The Hall–Kier alpha value is -1.40. The normalized spacial score (nSPS) is 16.4. The maximum Gasteiger partial charge on any atom is 0.251 e. The van der Waals surface area contributed by atoms with Gasteiger partial charge in [0.1, 0.15) is 5.00 Å². The molecule has 1 aromatic heterocycles. The molecular weight excluding hydrogens is 262 g/mol. The molecule has 2 rings (SSSR count). The van der Waals surface area contributed by atoms with E-state index in [1.54, 1.807) is 11.4 Å². The zero-order valence-electron chi connectivity index (χ0n) is 11.2. The number of nitrogens with one attached hydrogen (secondary N) is 1. The third-order valence-corrected chi connectivity index (χ3v) is 4.41. The number of hydrogen-bond donors (Lipinski definition) is 2. The zero-order chi connectivity index (χ0) is 14.0. The summed E-state index contributed by atoms with van der Waals surface area (Å²) in [5.74, 6) is 0.0944. The van der Waals surface area contributed by atoms with Crippen molar-refractivity contribution in [3.05, 3.63) is 17.0 Å². The fourth-order valence-corrected chi connectivity index (χ4v) is 2.88. The second-order valence-corrected chi connectivity index (χ2v) is 5.99. The van der Waals surface area contributed by atoms with Crippen LogP contribution in [0.1, 0.15) is 30.1 Å². The van der Waals surface area contributed by atoms with Crippen molar-refractivity contribution < 1.29 is 9.59 Å². The van der Waals surface area contributed by atoms with Crippen LogP contribution in [0.3, 0.4) is 0 Å². The van der Waals surface area contributed by atoms with E-state index in [1.807, 2.05) is 11.9 Å². The van der Waals surface area contributed by atoms with Gasteiger partial charge in [0.05, 0.1) is 12.1 Å². The first kappa shape index (κ1) is 14.0. The standard InChI is InChI=1S/C13H19N3O2S/c1-8(9-3-4-9)16(2)7-11(17)15-13-10(12(14)18)5-6-19-13/h5-6,8-9H,3-4,7H2,1-2H3,(H2,14,18)(H,15,17). The zero-order valence-corrected chi connectivity index (χ0v) is 12.0. The first-order valence-electron chi connectivity index (χ1n) is 6.36. The van der Waals surface area contributed by atoms with Crippen LogP contribution in [0.2, 0.25) is 0 Å². The van der Waals surface area contributed by atoms with Crippen molar-refractivity contribution in [1.29, 1.82) is 0 Å². The van der Waals surface area contributed by atoms with Crippen molar-refractivity contribution in [2.75, 3.05) is 18.9 Å². The minimum Gasteiger partial charge on any atom is -0.366 e. The molecule has 2 amide bonds. The number of carbonyl (C=O) groups excluding carboxylic acids is 2. The predicted octanol–water partition coefficient (Wildman–Crippen LogP) is 1.52. The number of carbonyl (C=O) groups is 2. The molecule has 3 N–H and O–H groups in total. The maximum absolute atomic E-state index is 11.9. The van der Waals surface area contributed by atoms with Gasteiger partial charge >= 0.3 is 0 Å². The van der Waals surface area contributed by atoms with Gasteiger partial charge < -0.3 is 11.1 Å². The summed E-state index contributed by atoms with van der Waals surface area (Å²) in [6, 6.07) is 2.05. The molecule has 1 aromatic rings. The fourth-order valence-electron chi connectivity index (χ4n) is 2.08. The predicted molar refractivity (Wildman–Crippen MR) is 76.3 cm³/mol. The number of nitrogens with zero attached hydrogens (tertiary/aromatic N) is 1. The van der Waals surface area contributed by atoms with E-state index in [-0.39, 0.29) is 5.91 Å². The Morgan fingerprint density at radius 3 is 2.84 bits per heavy atom. The molecule has 0 saturated heterocycles. The summed E-state index contributed by atoms with van der Waals surface area (Å²) in [5.41, 5.74) is 5.61. The van der Waals surface area contributed by atoms with Crippen LogP contribution >= 0.6 is 11.3 Å². The summed E-state index contributed by atoms with van der Waals surface area (Å²) in [4.78, 5) is 25.2. The molecule has 5 nitrogen and oxygen atoms in total. The summed E-state index contributed by atoms with van der Waals surface area (Å²) >= 11 is 1.31. The van der Waals surface area contributed by atoms with Gasteiger partial charge in [-0.25, -0.2) is 0 Å². The molecule has 1 aliphatic carbocycles. The van der Waals surface area contributed by atoms with Crippen molar-refractivity contribution in [3.8, 4) is 0 Å². The van der Waals surface area contributed by atoms with Crippen LogP contribution in [0.15, 0.2) is 11.4 Å². The summed E-state index contributed by atoms with van der Waals surface area (Å²) in [6.45, 7) is 2.47. The van der Waals surface area contributed by atoms with E-state index in [0.29, 0.717) is 23.2 Å². The van der Waals surface area contributed by atoms with Gasteiger partial charge in [-0.05, 0) is 44.2 Å². The number of primary amides is 1. The lowest BCUT2D eigenvalue weighted by Gasteiger charge is -2.23. The number of rotatable bonds is 6. The van der Waals surface area contributed by atoms with Gasteiger partial charge in [-0.2, -0.15) is 0 Å². The average Bonchev–Trinajstić information content (AvgIpc) is 3.08. The third-order valence-electron chi connectivity index (χ3n) is 3.58. The summed E-state index contributed by atoms with van der Waals surface area (Å²) in [6.07, 6.45) is 2.51. The summed E-state index contributed by atoms with van der Waals surface area (Å²) in [7, 11) is 1.95. The summed E-state index contributed by atoms with van der Waals surface area (Å²) in [5, 5.41) is 5.03. The molecular formula is C13H19N3O2S. The van der Waals surface area contributed by atoms with E-state index < -0.39 is 5.91 Å². The highest BCUT2D eigenvalue weighted by molar-refractivity contribution is 7.14. The van der Waals surface area contributed by atoms with Crippen LogP contribution in [-0.4, -0.2) is 36.3 Å². The lowest BCUT2D eigenvalue weighted by atomic mass is 10.2. The molecule has 1 unspecified atom stereocenters. The van der Waals surface area contributed by atoms with E-state index in [2.05, 4.69) is 12.2 Å². The van der Waals surface area contributed by atoms with E-state index >= 15 is 0 Å². The first-order chi connectivity index (χ1) is 8.99. The lowest BCUT2D eigenvalue weighted by molar-refractivity contribution is -0.117. The number of nitrogens with two attached hydrogens (primary N) is 1. The molecule has 1 aliphatic rings. The fraction of sp³-hybridized carbons (Fsp3) is 0.538. The van der Waals surface area contributed by atoms with Gasteiger partial charge in [-0.15, -0.1) is 11.3 Å². The largest absolute Gasteiger partial charge is 0.366 e. The van der Waals surface area contributed by atoms with Crippen LogP contribution < -0.4 is 11.1 Å². The Morgan fingerprint density at radius 2 is 2.26 bits per heavy atom. The quantitative estimate of drug-likeness (QED) is 0.830. The highest BCUT2D eigenvalue weighted by atomic mass is 32.1. The molecule has 0 radical (unpaired) electrons. The number of likely N-dealkylation sites (N-methyl/N-ethyl adjacent to an activating group) is 1. The highest BCUT2D eigenvalue weighted by Gasteiger charge is 2.31. The summed E-state index contributed by atoms with van der Waals surface area (Å²) < 4.78 is 0. The molecule has 0 spiro atoms. The molecule has 1 atom stereocenters. The Kier molecular flexibility index (Phi) is 4.21. The van der Waals surface area contributed by atoms with Gasteiger partial charge in [-0.3, -0.25) is 14.5 Å². The first-order valence-corrected chi connectivity index (χ1v) is 7.24. The van der Waals surface area contributed by atoms with E-state index in [9.17, 15) is 9.59 Å². The Balaban J connectivity index is 1.89. The van der Waals surface area contributed by atoms with Crippen LogP contribution in [0.5, 0.6) is 0 Å². The minimum atomic E-state index is -0.517. The monoisotopic (exact) mass is 281 g/mol. The minimum absolute atomic E-state index is 0.111. The van der Waals surface area contributed by atoms with Gasteiger partial charge in [0.25, 0.3) is 5.91 Å². The molecule has 19 heavy (non-hydrogen) atoms. The number of hydrogen-bond acceptors (Lipinski definition) is 4. The Bertz CT molecular complexity index is 482. The van der Waals surface area contributed by atoms with Crippen molar-refractivity contribution in [2.24, 2.45) is 11.7 Å². The second-order valence-electron chi connectivity index (χ2n) is 5.07. The number of anilines is 1. The molecule has 1 fully saturated rings. The van der Waals surface area contributed by atoms with Crippen LogP contribution in [-0.2, 0) is 4.79 Å². The third kappa shape index (κ3) is 3.54. The van der Waals surface area contributed by atoms with Gasteiger partial charge in [0.15, 0.2) is 0 Å². The Labute approximate surface area is 116 Å². The van der Waals surface area contributed by atoms with Gasteiger partial charge in [0, 0.05) is 6.04 Å². The SMILES string of the molecule is CC(C1CC1)N(C)CC(=O)Nc1sccc1C(N)=O. The average molecular weight is 281 g/mol. The van der Waals surface area contributed by atoms with Crippen molar-refractivity contribution in [2.45, 2.75) is 25.8 Å². The van der Waals surface area contributed by atoms with Crippen molar-refractivity contribution in [1.82, 2.24) is 4.90 Å². The van der Waals surface area contributed by atoms with E-state index in [1.165, 1.54) is 24.2 Å². The van der Waals surface area contributed by atoms with Gasteiger partial charge in [-0.1, -0.05) is 0 Å².